The number of benzene rings is 2. The van der Waals surface area contributed by atoms with Crippen LogP contribution in [0, 0.1) is 40.6 Å². The van der Waals surface area contributed by atoms with E-state index in [1.807, 2.05) is 0 Å². The molecule has 3 rings (SSSR count). The van der Waals surface area contributed by atoms with E-state index in [1.54, 1.807) is 0 Å². The van der Waals surface area contributed by atoms with Crippen LogP contribution in [0.15, 0.2) is 30.3 Å². The van der Waals surface area contributed by atoms with Crippen molar-refractivity contribution in [3.05, 3.63) is 58.9 Å². The molecule has 1 aliphatic rings. The molecule has 0 atom stereocenters. The van der Waals surface area contributed by atoms with Gasteiger partial charge in [-0.25, -0.2) is 18.0 Å². The molecule has 7 heteroatoms. The minimum absolute atomic E-state index is 0.315. The number of carbonyl (C=O) groups excluding carboxylic acids is 1. The van der Waals surface area contributed by atoms with Gasteiger partial charge in [-0.2, -0.15) is 5.26 Å². The number of carbonyl (C=O) groups is 1. The molecule has 0 radical (unpaired) electrons. The Morgan fingerprint density at radius 1 is 0.842 bits per heavy atom. The maximum absolute atomic E-state index is 14.6. The van der Waals surface area contributed by atoms with E-state index in [9.17, 15) is 18.0 Å². The Hall–Kier alpha value is -3.01. The van der Waals surface area contributed by atoms with E-state index in [4.69, 9.17) is 14.7 Å². The first-order valence-corrected chi connectivity index (χ1v) is 13.9. The second-order valence-electron chi connectivity index (χ2n) is 10.4. The number of rotatable bonds is 14. The van der Waals surface area contributed by atoms with Crippen LogP contribution < -0.4 is 9.47 Å². The first-order chi connectivity index (χ1) is 18.4. The maximum Gasteiger partial charge on any atom is 0.346 e. The summed E-state index contributed by atoms with van der Waals surface area (Å²) in [5.41, 5.74) is -1.17. The van der Waals surface area contributed by atoms with Gasteiger partial charge in [0.15, 0.2) is 0 Å². The van der Waals surface area contributed by atoms with Gasteiger partial charge in [-0.1, -0.05) is 77.6 Å². The highest BCUT2D eigenvalue weighted by atomic mass is 19.1. The van der Waals surface area contributed by atoms with E-state index in [2.05, 4.69) is 6.92 Å². The normalized spacial score (nSPS) is 17.1. The smallest absolute Gasteiger partial charge is 0.346 e. The van der Waals surface area contributed by atoms with E-state index in [-0.39, 0.29) is 5.56 Å². The molecule has 0 aliphatic heterocycles. The summed E-state index contributed by atoms with van der Waals surface area (Å²) in [6.45, 7) is 2.74. The van der Waals surface area contributed by atoms with Crippen LogP contribution >= 0.6 is 0 Å². The Labute approximate surface area is 224 Å². The van der Waals surface area contributed by atoms with Crippen molar-refractivity contribution in [2.24, 2.45) is 11.8 Å². The fourth-order valence-corrected chi connectivity index (χ4v) is 5.10. The number of esters is 1. The third-order valence-corrected chi connectivity index (χ3v) is 7.42. The van der Waals surface area contributed by atoms with Crippen LogP contribution in [-0.2, 0) is 0 Å². The second kappa shape index (κ2) is 15.4. The highest BCUT2D eigenvalue weighted by Crippen LogP contribution is 2.33. The summed E-state index contributed by atoms with van der Waals surface area (Å²) in [5, 5.41) is 8.73. The molecule has 0 amide bonds. The monoisotopic (exact) mass is 529 g/mol. The lowest BCUT2D eigenvalue weighted by Crippen LogP contribution is -2.20. The second-order valence-corrected chi connectivity index (χ2v) is 10.4. The minimum Gasteiger partial charge on any atom is -0.493 e. The standard InChI is InChI=1S/C31H38F3NO3/c1-2-3-4-5-6-7-8-9-10-22-11-13-23(14-12-22)21-37-24-15-16-26(28(32)17-24)31(36)38-25-18-29(33)27(20-35)30(34)19-25/h15-19,22-23H,2-14,21H2,1H3/t22-,23-. The van der Waals surface area contributed by atoms with Gasteiger partial charge in [0.2, 0.25) is 0 Å². The van der Waals surface area contributed by atoms with Crippen LogP contribution in [0.3, 0.4) is 0 Å². The molecule has 0 unspecified atom stereocenters. The SMILES string of the molecule is CCCCCCCCCC[C@H]1CC[C@H](COc2ccc(C(=O)Oc3cc(F)c(C#N)c(F)c3)c(F)c2)CC1. The van der Waals surface area contributed by atoms with Gasteiger partial charge in [0.1, 0.15) is 40.6 Å². The summed E-state index contributed by atoms with van der Waals surface area (Å²) in [6, 6.07) is 6.62. The molecule has 0 aromatic heterocycles. The minimum atomic E-state index is -1.17. The Morgan fingerprint density at radius 2 is 1.42 bits per heavy atom. The van der Waals surface area contributed by atoms with Gasteiger partial charge in [0.05, 0.1) is 12.2 Å². The van der Waals surface area contributed by atoms with Crippen LogP contribution in [-0.4, -0.2) is 12.6 Å². The van der Waals surface area contributed by atoms with E-state index >= 15 is 0 Å². The summed E-state index contributed by atoms with van der Waals surface area (Å²) in [4.78, 5) is 12.3. The average Bonchev–Trinajstić information content (AvgIpc) is 2.89. The Balaban J connectivity index is 1.37. The van der Waals surface area contributed by atoms with Crippen molar-refractivity contribution in [1.82, 2.24) is 0 Å². The molecule has 2 aromatic carbocycles. The van der Waals surface area contributed by atoms with Gasteiger partial charge < -0.3 is 9.47 Å². The predicted octanol–water partition coefficient (Wildman–Crippen LogP) is 8.91. The fraction of sp³-hybridized carbons (Fsp3) is 0.548. The molecule has 206 valence electrons. The van der Waals surface area contributed by atoms with E-state index < -0.39 is 34.7 Å². The third kappa shape index (κ3) is 9.08. The molecule has 0 saturated heterocycles. The summed E-state index contributed by atoms with van der Waals surface area (Å²) in [5.74, 6) is -3.20. The molecular weight excluding hydrogens is 491 g/mol. The van der Waals surface area contributed by atoms with Crippen LogP contribution in [0.2, 0.25) is 0 Å². The third-order valence-electron chi connectivity index (χ3n) is 7.42. The van der Waals surface area contributed by atoms with Gasteiger partial charge in [-0.3, -0.25) is 0 Å². The van der Waals surface area contributed by atoms with Crippen LogP contribution in [0.25, 0.3) is 0 Å². The summed E-state index contributed by atoms with van der Waals surface area (Å²) < 4.78 is 52.8. The van der Waals surface area contributed by atoms with Crippen LogP contribution in [0.4, 0.5) is 13.2 Å². The molecule has 38 heavy (non-hydrogen) atoms. The quantitative estimate of drug-likeness (QED) is 0.139. The van der Waals surface area contributed by atoms with Crippen molar-refractivity contribution in [1.29, 1.82) is 5.26 Å². The fourth-order valence-electron chi connectivity index (χ4n) is 5.10. The van der Waals surface area contributed by atoms with E-state index in [1.165, 1.54) is 88.8 Å². The molecule has 1 saturated carbocycles. The summed E-state index contributed by atoms with van der Waals surface area (Å²) >= 11 is 0. The van der Waals surface area contributed by atoms with Crippen LogP contribution in [0.1, 0.15) is 106 Å². The highest BCUT2D eigenvalue weighted by Gasteiger charge is 2.22. The average molecular weight is 530 g/mol. The molecule has 0 heterocycles. The number of halogens is 3. The number of nitrogens with zero attached hydrogens (tertiary/aromatic N) is 1. The van der Waals surface area contributed by atoms with Crippen molar-refractivity contribution in [2.45, 2.75) is 90.4 Å². The topological polar surface area (TPSA) is 59.3 Å². The summed E-state index contributed by atoms with van der Waals surface area (Å²) in [6.07, 6.45) is 16.7. The zero-order valence-corrected chi connectivity index (χ0v) is 22.2. The molecule has 2 aromatic rings. The highest BCUT2D eigenvalue weighted by molar-refractivity contribution is 5.91. The van der Waals surface area contributed by atoms with Crippen molar-refractivity contribution >= 4 is 5.97 Å². The molecule has 4 nitrogen and oxygen atoms in total. The number of hydrogen-bond donors (Lipinski definition) is 0. The predicted molar refractivity (Wildman–Crippen MR) is 141 cm³/mol. The Kier molecular flexibility index (Phi) is 12.0. The first-order valence-electron chi connectivity index (χ1n) is 13.9. The van der Waals surface area contributed by atoms with Crippen LogP contribution in [0.5, 0.6) is 11.5 Å². The van der Waals surface area contributed by atoms with Gasteiger partial charge in [-0.15, -0.1) is 0 Å². The molecule has 0 N–H and O–H groups in total. The first kappa shape index (κ1) is 29.5. The lowest BCUT2D eigenvalue weighted by atomic mass is 9.80. The van der Waals surface area contributed by atoms with Crippen molar-refractivity contribution < 1.29 is 27.4 Å². The van der Waals surface area contributed by atoms with Gasteiger partial charge in [0.25, 0.3) is 0 Å². The lowest BCUT2D eigenvalue weighted by molar-refractivity contribution is 0.0729. The van der Waals surface area contributed by atoms with Crippen molar-refractivity contribution in [2.75, 3.05) is 6.61 Å². The Morgan fingerprint density at radius 3 is 2.03 bits per heavy atom. The largest absolute Gasteiger partial charge is 0.493 e. The zero-order chi connectivity index (χ0) is 27.3. The Bertz CT molecular complexity index is 1070. The number of ether oxygens (including phenoxy) is 2. The molecule has 1 aliphatic carbocycles. The van der Waals surface area contributed by atoms with Crippen molar-refractivity contribution in [3.63, 3.8) is 0 Å². The van der Waals surface area contributed by atoms with E-state index in [0.29, 0.717) is 30.4 Å². The molecular formula is C31H38F3NO3. The van der Waals surface area contributed by atoms with Gasteiger partial charge in [0, 0.05) is 18.2 Å². The zero-order valence-electron chi connectivity index (χ0n) is 22.2. The lowest BCUT2D eigenvalue weighted by Gasteiger charge is -2.28. The number of nitriles is 1. The van der Waals surface area contributed by atoms with Crippen molar-refractivity contribution in [3.8, 4) is 17.6 Å². The summed E-state index contributed by atoms with van der Waals surface area (Å²) in [7, 11) is 0. The molecule has 1 fully saturated rings. The number of unbranched alkanes of at least 4 members (excludes halogenated alkanes) is 7. The maximum atomic E-state index is 14.6. The van der Waals surface area contributed by atoms with Gasteiger partial charge >= 0.3 is 5.97 Å². The molecule has 0 bridgehead atoms. The van der Waals surface area contributed by atoms with Gasteiger partial charge in [-0.05, 0) is 36.8 Å². The number of hydrogen-bond acceptors (Lipinski definition) is 4. The molecule has 0 spiro atoms. The van der Waals surface area contributed by atoms with E-state index in [0.717, 1.165) is 24.8 Å².